The summed E-state index contributed by atoms with van der Waals surface area (Å²) in [5.41, 5.74) is 0. The van der Waals surface area contributed by atoms with Crippen molar-refractivity contribution in [2.24, 2.45) is 0 Å². The van der Waals surface area contributed by atoms with Gasteiger partial charge in [-0.1, -0.05) is 6.92 Å². The third-order valence-electron chi connectivity index (χ3n) is 1.10. The van der Waals surface area contributed by atoms with Gasteiger partial charge < -0.3 is 10.4 Å². The molecule has 2 N–H and O–H groups in total. The average molecular weight is 130 g/mol. The van der Waals surface area contributed by atoms with E-state index < -0.39 is 5.97 Å². The van der Waals surface area contributed by atoms with Gasteiger partial charge in [-0.25, -0.2) is 0 Å². The van der Waals surface area contributed by atoms with Gasteiger partial charge in [0, 0.05) is 6.04 Å². The molecule has 0 aliphatic carbocycles. The Bertz CT molecular complexity index is 93.1. The van der Waals surface area contributed by atoms with Crippen molar-refractivity contribution in [2.45, 2.75) is 26.3 Å². The van der Waals surface area contributed by atoms with E-state index >= 15 is 0 Å². The highest BCUT2D eigenvalue weighted by molar-refractivity contribution is 5.75. The van der Waals surface area contributed by atoms with Crippen molar-refractivity contribution in [1.29, 1.82) is 0 Å². The predicted octanol–water partition coefficient (Wildman–Crippen LogP) is 0.621. The Labute approximate surface area is 55.1 Å². The van der Waals surface area contributed by atoms with Crippen LogP contribution >= 0.6 is 0 Å². The molecule has 0 bridgehead atoms. The minimum Gasteiger partial charge on any atom is -0.480 e. The van der Waals surface area contributed by atoms with Crippen molar-refractivity contribution < 1.29 is 9.90 Å². The molecule has 0 aromatic heterocycles. The molecule has 9 heavy (non-hydrogen) atoms. The molecule has 0 aliphatic heterocycles. The first-order chi connectivity index (χ1) is 4.16. The van der Waals surface area contributed by atoms with Gasteiger partial charge in [0.25, 0.3) is 0 Å². The molecule has 3 nitrogen and oxygen atoms in total. The number of rotatable bonds is 4. The van der Waals surface area contributed by atoms with Gasteiger partial charge in [-0.15, -0.1) is 0 Å². The largest absolute Gasteiger partial charge is 0.480 e. The Morgan fingerprint density at radius 2 is 2.44 bits per heavy atom. The second-order valence-electron chi connectivity index (χ2n) is 1.96. The Morgan fingerprint density at radius 1 is 1.89 bits per heavy atom. The smallest absolute Gasteiger partial charge is 0.322 e. The van der Waals surface area contributed by atoms with Crippen LogP contribution in [0.5, 0.6) is 0 Å². The second-order valence-corrected chi connectivity index (χ2v) is 1.96. The number of carboxylic acid groups (broad SMARTS) is 1. The summed E-state index contributed by atoms with van der Waals surface area (Å²) < 4.78 is 0. The van der Waals surface area contributed by atoms with Gasteiger partial charge in [0.15, 0.2) is 0 Å². The maximum absolute atomic E-state index is 9.90. The summed E-state index contributed by atoms with van der Waals surface area (Å²) in [5.74, 6) is -0.921. The van der Waals surface area contributed by atoms with Gasteiger partial charge >= 0.3 is 5.97 Å². The summed E-state index contributed by atoms with van der Waals surface area (Å²) in [5, 5.41) is 10.8. The van der Waals surface area contributed by atoms with Crippen molar-refractivity contribution >= 4 is 5.97 Å². The highest BCUT2D eigenvalue weighted by atomic mass is 16.4. The van der Waals surface area contributed by atoms with E-state index in [9.17, 15) is 4.79 Å². The van der Waals surface area contributed by atoms with Crippen LogP contribution < -0.4 is 5.32 Å². The zero-order valence-corrected chi connectivity index (χ0v) is 5.72. The lowest BCUT2D eigenvalue weighted by Crippen LogP contribution is -2.25. The summed E-state index contributed by atoms with van der Waals surface area (Å²) in [6, 6.07) is 0.251. The molecule has 0 fully saturated rings. The van der Waals surface area contributed by atoms with Gasteiger partial charge in [-0.2, -0.15) is 0 Å². The second kappa shape index (κ2) is 4.32. The van der Waals surface area contributed by atoms with Gasteiger partial charge in [0.1, 0.15) is 6.54 Å². The molecule has 3 heteroatoms. The fourth-order valence-corrected chi connectivity index (χ4v) is 0.331. The van der Waals surface area contributed by atoms with E-state index in [-0.39, 0.29) is 6.04 Å². The van der Waals surface area contributed by atoms with Crippen LogP contribution in [-0.4, -0.2) is 17.1 Å². The minimum absolute atomic E-state index is 0.251. The Kier molecular flexibility index (Phi) is 4.05. The Hall–Kier alpha value is -0.570. The van der Waals surface area contributed by atoms with E-state index in [2.05, 4.69) is 5.32 Å². The van der Waals surface area contributed by atoms with Crippen LogP contribution in [0.2, 0.25) is 0 Å². The van der Waals surface area contributed by atoms with Crippen LogP contribution in [0.25, 0.3) is 0 Å². The van der Waals surface area contributed by atoms with Crippen molar-refractivity contribution in [1.82, 2.24) is 5.32 Å². The van der Waals surface area contributed by atoms with Gasteiger partial charge in [-0.05, 0) is 13.3 Å². The van der Waals surface area contributed by atoms with Crippen LogP contribution in [0.4, 0.5) is 0 Å². The summed E-state index contributed by atoms with van der Waals surface area (Å²) in [7, 11) is 0. The van der Waals surface area contributed by atoms with Crippen molar-refractivity contribution in [2.75, 3.05) is 0 Å². The molecule has 0 amide bonds. The van der Waals surface area contributed by atoms with Gasteiger partial charge in [0.2, 0.25) is 0 Å². The number of hydrogen-bond acceptors (Lipinski definition) is 2. The molecule has 53 valence electrons. The molecule has 1 atom stereocenters. The third kappa shape index (κ3) is 5.30. The summed E-state index contributed by atoms with van der Waals surface area (Å²) in [4.78, 5) is 9.90. The first-order valence-electron chi connectivity index (χ1n) is 2.99. The SMILES string of the molecule is CCC(C)N[CH]C(=O)O. The molecule has 0 saturated carbocycles. The van der Waals surface area contributed by atoms with E-state index in [0.717, 1.165) is 13.0 Å². The topological polar surface area (TPSA) is 49.3 Å². The lowest BCUT2D eigenvalue weighted by molar-refractivity contribution is -0.133. The summed E-state index contributed by atoms with van der Waals surface area (Å²) >= 11 is 0. The monoisotopic (exact) mass is 130 g/mol. The number of nitrogens with one attached hydrogen (secondary N) is 1. The predicted molar refractivity (Wildman–Crippen MR) is 34.8 cm³/mol. The van der Waals surface area contributed by atoms with E-state index in [1.165, 1.54) is 0 Å². The van der Waals surface area contributed by atoms with E-state index in [1.54, 1.807) is 0 Å². The first kappa shape index (κ1) is 8.43. The first-order valence-corrected chi connectivity index (χ1v) is 2.99. The number of carboxylic acids is 1. The molecule has 0 aliphatic rings. The molecule has 0 spiro atoms. The normalized spacial score (nSPS) is 13.1. The number of aliphatic carboxylic acids is 1. The lowest BCUT2D eigenvalue weighted by atomic mass is 10.3. The fourth-order valence-electron chi connectivity index (χ4n) is 0.331. The molecule has 1 radical (unpaired) electrons. The van der Waals surface area contributed by atoms with Crippen molar-refractivity contribution in [3.8, 4) is 0 Å². The van der Waals surface area contributed by atoms with E-state index in [0.29, 0.717) is 0 Å². The standard InChI is InChI=1S/C6H12NO2/c1-3-5(2)7-4-6(8)9/h4-5,7H,3H2,1-2H3,(H,8,9). The van der Waals surface area contributed by atoms with Gasteiger partial charge in [-0.3, -0.25) is 4.79 Å². The van der Waals surface area contributed by atoms with Crippen molar-refractivity contribution in [3.63, 3.8) is 0 Å². The lowest BCUT2D eigenvalue weighted by Gasteiger charge is -2.06. The maximum Gasteiger partial charge on any atom is 0.322 e. The molecular weight excluding hydrogens is 118 g/mol. The molecule has 1 unspecified atom stereocenters. The molecule has 0 rings (SSSR count). The van der Waals surface area contributed by atoms with E-state index in [4.69, 9.17) is 5.11 Å². The minimum atomic E-state index is -0.921. The van der Waals surface area contributed by atoms with Crippen LogP contribution in [0.15, 0.2) is 0 Å². The fraction of sp³-hybridized carbons (Fsp3) is 0.667. The molecule has 0 aromatic rings. The Balaban J connectivity index is 3.16. The number of carbonyl (C=O) groups is 1. The maximum atomic E-state index is 9.90. The molecule has 0 aromatic carbocycles. The van der Waals surface area contributed by atoms with Crippen LogP contribution in [0, 0.1) is 6.54 Å². The van der Waals surface area contributed by atoms with Crippen molar-refractivity contribution in [3.05, 3.63) is 6.54 Å². The Morgan fingerprint density at radius 3 is 2.78 bits per heavy atom. The zero-order valence-electron chi connectivity index (χ0n) is 5.72. The van der Waals surface area contributed by atoms with E-state index in [1.807, 2.05) is 13.8 Å². The average Bonchev–Trinajstić information content (AvgIpc) is 1.83. The highest BCUT2D eigenvalue weighted by Gasteiger charge is 2.00. The molecule has 0 heterocycles. The van der Waals surface area contributed by atoms with Crippen LogP contribution in [-0.2, 0) is 4.79 Å². The quantitative estimate of drug-likeness (QED) is 0.586. The zero-order chi connectivity index (χ0) is 7.28. The number of hydrogen-bond donors (Lipinski definition) is 2. The summed E-state index contributed by atoms with van der Waals surface area (Å²) in [6.45, 7) is 4.99. The third-order valence-corrected chi connectivity index (χ3v) is 1.10. The summed E-state index contributed by atoms with van der Waals surface area (Å²) in [6.07, 6.45) is 0.934. The van der Waals surface area contributed by atoms with Crippen LogP contribution in [0.3, 0.4) is 0 Å². The molecular formula is C6H12NO2. The van der Waals surface area contributed by atoms with Crippen LogP contribution in [0.1, 0.15) is 20.3 Å². The molecule has 0 saturated heterocycles. The highest BCUT2D eigenvalue weighted by Crippen LogP contribution is 1.87. The van der Waals surface area contributed by atoms with Gasteiger partial charge in [0.05, 0.1) is 0 Å².